The number of hydrogen-bond donors (Lipinski definition) is 2. The van der Waals surface area contributed by atoms with Crippen LogP contribution < -0.4 is 5.73 Å². The number of hydrogen-bond acceptors (Lipinski definition) is 4. The molecular formula is C11H12N2OS. The molecule has 0 aliphatic heterocycles. The van der Waals surface area contributed by atoms with Gasteiger partial charge in [-0.2, -0.15) is 0 Å². The largest absolute Gasteiger partial charge is 0.398 e. The van der Waals surface area contributed by atoms with E-state index in [0.29, 0.717) is 17.7 Å². The van der Waals surface area contributed by atoms with Crippen LogP contribution in [0.4, 0.5) is 5.69 Å². The molecule has 0 fully saturated rings. The third kappa shape index (κ3) is 2.34. The van der Waals surface area contributed by atoms with E-state index in [0.717, 1.165) is 4.88 Å². The van der Waals surface area contributed by atoms with Crippen molar-refractivity contribution < 1.29 is 5.11 Å². The molecule has 2 aromatic heterocycles. The van der Waals surface area contributed by atoms with Crippen molar-refractivity contribution in [2.75, 3.05) is 5.73 Å². The number of aromatic nitrogens is 1. The predicted molar refractivity (Wildman–Crippen MR) is 61.6 cm³/mol. The van der Waals surface area contributed by atoms with Gasteiger partial charge < -0.3 is 10.8 Å². The minimum Gasteiger partial charge on any atom is -0.398 e. The molecule has 4 heteroatoms. The molecule has 15 heavy (non-hydrogen) atoms. The van der Waals surface area contributed by atoms with E-state index in [1.54, 1.807) is 29.8 Å². The van der Waals surface area contributed by atoms with Gasteiger partial charge in [0.05, 0.1) is 6.10 Å². The van der Waals surface area contributed by atoms with Crippen LogP contribution in [0.1, 0.15) is 16.5 Å². The van der Waals surface area contributed by atoms with Gasteiger partial charge in [0.1, 0.15) is 0 Å². The maximum Gasteiger partial charge on any atom is 0.0873 e. The first-order valence-electron chi connectivity index (χ1n) is 4.67. The molecule has 0 bridgehead atoms. The number of nitrogens with zero attached hydrogens (tertiary/aromatic N) is 1. The van der Waals surface area contributed by atoms with Gasteiger partial charge in [-0.15, -0.1) is 11.3 Å². The average molecular weight is 220 g/mol. The van der Waals surface area contributed by atoms with Gasteiger partial charge in [-0.05, 0) is 17.5 Å². The molecular weight excluding hydrogens is 208 g/mol. The summed E-state index contributed by atoms with van der Waals surface area (Å²) in [6.07, 6.45) is 3.26. The van der Waals surface area contributed by atoms with E-state index in [1.807, 2.05) is 17.5 Å². The summed E-state index contributed by atoms with van der Waals surface area (Å²) in [6, 6.07) is 5.67. The van der Waals surface area contributed by atoms with Crippen molar-refractivity contribution in [2.45, 2.75) is 12.5 Å². The number of rotatable bonds is 3. The maximum atomic E-state index is 9.96. The molecule has 0 aromatic carbocycles. The molecule has 0 saturated heterocycles. The SMILES string of the molecule is Nc1ccncc1C(O)Cc1cccs1. The zero-order chi connectivity index (χ0) is 10.7. The summed E-state index contributed by atoms with van der Waals surface area (Å²) in [6.45, 7) is 0. The minimum atomic E-state index is -0.572. The summed E-state index contributed by atoms with van der Waals surface area (Å²) in [5.74, 6) is 0. The lowest BCUT2D eigenvalue weighted by Crippen LogP contribution is -2.04. The molecule has 0 amide bonds. The fraction of sp³-hybridized carbons (Fsp3) is 0.182. The quantitative estimate of drug-likeness (QED) is 0.831. The monoisotopic (exact) mass is 220 g/mol. The summed E-state index contributed by atoms with van der Waals surface area (Å²) in [5, 5.41) is 12.0. The second-order valence-corrected chi connectivity index (χ2v) is 4.34. The molecule has 3 N–H and O–H groups in total. The third-order valence-electron chi connectivity index (χ3n) is 2.22. The fourth-order valence-corrected chi connectivity index (χ4v) is 2.17. The Hall–Kier alpha value is -1.39. The number of pyridine rings is 1. The van der Waals surface area contributed by atoms with Crippen LogP contribution in [0.15, 0.2) is 36.0 Å². The number of aliphatic hydroxyl groups is 1. The van der Waals surface area contributed by atoms with Crippen molar-refractivity contribution in [2.24, 2.45) is 0 Å². The first-order valence-corrected chi connectivity index (χ1v) is 5.55. The van der Waals surface area contributed by atoms with Crippen molar-refractivity contribution in [1.29, 1.82) is 0 Å². The van der Waals surface area contributed by atoms with Gasteiger partial charge in [0.25, 0.3) is 0 Å². The second kappa shape index (κ2) is 4.42. The molecule has 2 rings (SSSR count). The Bertz CT molecular complexity index is 428. The molecule has 0 aliphatic rings. The Morgan fingerprint density at radius 1 is 1.47 bits per heavy atom. The molecule has 78 valence electrons. The summed E-state index contributed by atoms with van der Waals surface area (Å²) < 4.78 is 0. The first-order chi connectivity index (χ1) is 7.27. The van der Waals surface area contributed by atoms with Gasteiger partial charge in [-0.3, -0.25) is 4.98 Å². The molecule has 2 aromatic rings. The standard InChI is InChI=1S/C11H12N2OS/c12-10-3-4-13-7-9(10)11(14)6-8-2-1-5-15-8/h1-5,7,11,14H,6H2,(H2,12,13). The molecule has 0 aliphatic carbocycles. The molecule has 1 atom stereocenters. The maximum absolute atomic E-state index is 9.96. The van der Waals surface area contributed by atoms with Gasteiger partial charge in [0.15, 0.2) is 0 Å². The zero-order valence-corrected chi connectivity index (χ0v) is 8.95. The van der Waals surface area contributed by atoms with Gasteiger partial charge in [-0.25, -0.2) is 0 Å². The Kier molecular flexibility index (Phi) is 2.99. The predicted octanol–water partition coefficient (Wildman–Crippen LogP) is 2.00. The summed E-state index contributed by atoms with van der Waals surface area (Å²) in [7, 11) is 0. The van der Waals surface area contributed by atoms with Crippen molar-refractivity contribution in [1.82, 2.24) is 4.98 Å². The van der Waals surface area contributed by atoms with E-state index in [2.05, 4.69) is 4.98 Å². The topological polar surface area (TPSA) is 59.1 Å². The van der Waals surface area contributed by atoms with Gasteiger partial charge in [0, 0.05) is 34.9 Å². The van der Waals surface area contributed by atoms with Crippen molar-refractivity contribution in [3.63, 3.8) is 0 Å². The minimum absolute atomic E-state index is 0.572. The number of thiophene rings is 1. The molecule has 2 heterocycles. The van der Waals surface area contributed by atoms with E-state index in [-0.39, 0.29) is 0 Å². The van der Waals surface area contributed by atoms with Crippen LogP contribution in [0, 0.1) is 0 Å². The average Bonchev–Trinajstić information content (AvgIpc) is 2.71. The van der Waals surface area contributed by atoms with Crippen LogP contribution in [-0.4, -0.2) is 10.1 Å². The fourth-order valence-electron chi connectivity index (χ4n) is 1.43. The van der Waals surface area contributed by atoms with Gasteiger partial charge >= 0.3 is 0 Å². The van der Waals surface area contributed by atoms with E-state index < -0.39 is 6.10 Å². The van der Waals surface area contributed by atoms with Gasteiger partial charge in [0.2, 0.25) is 0 Å². The molecule has 0 radical (unpaired) electrons. The highest BCUT2D eigenvalue weighted by Gasteiger charge is 2.12. The highest BCUT2D eigenvalue weighted by Crippen LogP contribution is 2.24. The van der Waals surface area contributed by atoms with Crippen LogP contribution in [0.3, 0.4) is 0 Å². The highest BCUT2D eigenvalue weighted by atomic mass is 32.1. The number of aliphatic hydroxyl groups excluding tert-OH is 1. The Labute approximate surface area is 92.2 Å². The molecule has 1 unspecified atom stereocenters. The Morgan fingerprint density at radius 2 is 2.33 bits per heavy atom. The number of nitrogens with two attached hydrogens (primary N) is 1. The van der Waals surface area contributed by atoms with Crippen molar-refractivity contribution in [3.8, 4) is 0 Å². The lowest BCUT2D eigenvalue weighted by atomic mass is 10.1. The summed E-state index contributed by atoms with van der Waals surface area (Å²) in [5.41, 5.74) is 7.05. The lowest BCUT2D eigenvalue weighted by Gasteiger charge is -2.11. The normalized spacial score (nSPS) is 12.6. The number of anilines is 1. The molecule has 0 spiro atoms. The smallest absolute Gasteiger partial charge is 0.0873 e. The summed E-state index contributed by atoms with van der Waals surface area (Å²) in [4.78, 5) is 5.10. The van der Waals surface area contributed by atoms with Crippen LogP contribution >= 0.6 is 11.3 Å². The van der Waals surface area contributed by atoms with Crippen LogP contribution in [0.5, 0.6) is 0 Å². The first kappa shape index (κ1) is 10.1. The van der Waals surface area contributed by atoms with Crippen LogP contribution in [-0.2, 0) is 6.42 Å². The highest BCUT2D eigenvalue weighted by molar-refractivity contribution is 7.09. The van der Waals surface area contributed by atoms with E-state index >= 15 is 0 Å². The third-order valence-corrected chi connectivity index (χ3v) is 3.12. The lowest BCUT2D eigenvalue weighted by molar-refractivity contribution is 0.180. The Morgan fingerprint density at radius 3 is 3.00 bits per heavy atom. The van der Waals surface area contributed by atoms with E-state index in [1.165, 1.54) is 0 Å². The second-order valence-electron chi connectivity index (χ2n) is 3.30. The van der Waals surface area contributed by atoms with Crippen molar-refractivity contribution >= 4 is 17.0 Å². The van der Waals surface area contributed by atoms with Crippen LogP contribution in [0.2, 0.25) is 0 Å². The van der Waals surface area contributed by atoms with Crippen molar-refractivity contribution in [3.05, 3.63) is 46.4 Å². The van der Waals surface area contributed by atoms with Crippen LogP contribution in [0.25, 0.3) is 0 Å². The van der Waals surface area contributed by atoms with Gasteiger partial charge in [-0.1, -0.05) is 6.07 Å². The van der Waals surface area contributed by atoms with E-state index in [4.69, 9.17) is 5.73 Å². The number of nitrogen functional groups attached to an aromatic ring is 1. The summed E-state index contributed by atoms with van der Waals surface area (Å²) >= 11 is 1.63. The van der Waals surface area contributed by atoms with E-state index in [9.17, 15) is 5.11 Å². The molecule has 0 saturated carbocycles. The Balaban J connectivity index is 2.15. The molecule has 3 nitrogen and oxygen atoms in total. The zero-order valence-electron chi connectivity index (χ0n) is 8.13.